The zero-order valence-corrected chi connectivity index (χ0v) is 26.3. The lowest BCUT2D eigenvalue weighted by atomic mass is 10.1. The average Bonchev–Trinajstić information content (AvgIpc) is 2.84. The average molecular weight is 566 g/mol. The molecule has 228 valence electrons. The predicted octanol–water partition coefficient (Wildman–Crippen LogP) is 6.79. The molecule has 0 saturated heterocycles. The summed E-state index contributed by atoms with van der Waals surface area (Å²) in [4.78, 5) is 24.6. The summed E-state index contributed by atoms with van der Waals surface area (Å²) < 4.78 is 34.0. The van der Waals surface area contributed by atoms with Gasteiger partial charge in [0.25, 0.3) is 7.82 Å². The van der Waals surface area contributed by atoms with Gasteiger partial charge in [0.1, 0.15) is 19.3 Å². The molecule has 0 amide bonds. The van der Waals surface area contributed by atoms with Crippen LogP contribution in [0.5, 0.6) is 0 Å². The van der Waals surface area contributed by atoms with Crippen molar-refractivity contribution in [3.8, 4) is 0 Å². The van der Waals surface area contributed by atoms with Crippen molar-refractivity contribution >= 4 is 13.8 Å². The number of carbonyl (C=O) groups is 1. The fraction of sp³-hybridized carbons (Fsp3) is 0.966. The molecule has 8 nitrogen and oxygen atoms in total. The molecular formula is C29H60NO7P. The number of quaternary nitrogens is 1. The quantitative estimate of drug-likeness (QED) is 0.0446. The van der Waals surface area contributed by atoms with Gasteiger partial charge < -0.3 is 27.9 Å². The minimum atomic E-state index is -4.49. The van der Waals surface area contributed by atoms with Crippen LogP contribution in [0.1, 0.15) is 123 Å². The number of nitrogens with zero attached hydrogens (tertiary/aromatic N) is 1. The van der Waals surface area contributed by atoms with Gasteiger partial charge in [0.15, 0.2) is 0 Å². The Labute approximate surface area is 234 Å². The number of likely N-dealkylation sites (N-methyl/N-ethyl adjacent to an activating group) is 1. The summed E-state index contributed by atoms with van der Waals surface area (Å²) in [5.74, 6) is -0.340. The van der Waals surface area contributed by atoms with Gasteiger partial charge in [-0.25, -0.2) is 0 Å². The summed E-state index contributed by atoms with van der Waals surface area (Å²) in [5.41, 5.74) is 0. The highest BCUT2D eigenvalue weighted by atomic mass is 31.2. The van der Waals surface area contributed by atoms with Gasteiger partial charge in [0.2, 0.25) is 0 Å². The van der Waals surface area contributed by atoms with Gasteiger partial charge in [0.05, 0.1) is 34.4 Å². The van der Waals surface area contributed by atoms with Crippen molar-refractivity contribution in [1.82, 2.24) is 0 Å². The highest BCUT2D eigenvalue weighted by molar-refractivity contribution is 7.45. The summed E-state index contributed by atoms with van der Waals surface area (Å²) in [5, 5.41) is 0. The van der Waals surface area contributed by atoms with E-state index in [9.17, 15) is 14.3 Å². The lowest BCUT2D eigenvalue weighted by Crippen LogP contribution is -2.37. The van der Waals surface area contributed by atoms with Crippen molar-refractivity contribution in [3.05, 3.63) is 0 Å². The SMILES string of the molecule is CCCCCCCCCCCCC(=O)OC(COCCCCCCCC)COP(=O)([O-])OCC[N+](C)(C)C. The van der Waals surface area contributed by atoms with Crippen LogP contribution in [0.25, 0.3) is 0 Å². The second kappa shape index (κ2) is 24.3. The Balaban J connectivity index is 4.36. The van der Waals surface area contributed by atoms with Gasteiger partial charge in [-0.15, -0.1) is 0 Å². The van der Waals surface area contributed by atoms with E-state index in [2.05, 4.69) is 13.8 Å². The van der Waals surface area contributed by atoms with Crippen molar-refractivity contribution < 1.29 is 37.3 Å². The molecule has 38 heavy (non-hydrogen) atoms. The zero-order valence-electron chi connectivity index (χ0n) is 25.4. The third kappa shape index (κ3) is 27.1. The Kier molecular flexibility index (Phi) is 24.0. The minimum Gasteiger partial charge on any atom is -0.756 e. The number of carbonyl (C=O) groups excluding carboxylic acids is 1. The highest BCUT2D eigenvalue weighted by Gasteiger charge is 2.20. The van der Waals surface area contributed by atoms with Crippen LogP contribution in [0.4, 0.5) is 0 Å². The van der Waals surface area contributed by atoms with E-state index in [0.29, 0.717) is 24.1 Å². The first kappa shape index (κ1) is 37.5. The molecule has 0 aliphatic heterocycles. The lowest BCUT2D eigenvalue weighted by molar-refractivity contribution is -0.870. The van der Waals surface area contributed by atoms with E-state index < -0.39 is 13.9 Å². The Morgan fingerprint density at radius 1 is 0.711 bits per heavy atom. The number of unbranched alkanes of at least 4 members (excludes halogenated alkanes) is 14. The largest absolute Gasteiger partial charge is 0.756 e. The number of rotatable bonds is 28. The van der Waals surface area contributed by atoms with Crippen LogP contribution >= 0.6 is 7.82 Å². The second-order valence-electron chi connectivity index (χ2n) is 11.5. The van der Waals surface area contributed by atoms with Crippen LogP contribution in [-0.2, 0) is 27.9 Å². The van der Waals surface area contributed by atoms with Gasteiger partial charge in [-0.1, -0.05) is 104 Å². The molecular weight excluding hydrogens is 505 g/mol. The number of hydrogen-bond donors (Lipinski definition) is 0. The third-order valence-electron chi connectivity index (χ3n) is 6.41. The molecule has 0 radical (unpaired) electrons. The van der Waals surface area contributed by atoms with Gasteiger partial charge in [-0.2, -0.15) is 0 Å². The van der Waals surface area contributed by atoms with Crippen LogP contribution in [0.15, 0.2) is 0 Å². The van der Waals surface area contributed by atoms with Crippen LogP contribution in [-0.4, -0.2) is 70.7 Å². The predicted molar refractivity (Wildman–Crippen MR) is 153 cm³/mol. The highest BCUT2D eigenvalue weighted by Crippen LogP contribution is 2.38. The first-order chi connectivity index (χ1) is 18.1. The zero-order chi connectivity index (χ0) is 28.5. The van der Waals surface area contributed by atoms with Gasteiger partial charge in [-0.3, -0.25) is 9.36 Å². The van der Waals surface area contributed by atoms with E-state index in [0.717, 1.165) is 32.1 Å². The molecule has 0 heterocycles. The summed E-state index contributed by atoms with van der Waals surface area (Å²) in [7, 11) is 1.36. The first-order valence-electron chi connectivity index (χ1n) is 15.3. The number of esters is 1. The van der Waals surface area contributed by atoms with Crippen molar-refractivity contribution in [2.75, 3.05) is 54.1 Å². The summed E-state index contributed by atoms with van der Waals surface area (Å²) in [6, 6.07) is 0. The molecule has 0 bridgehead atoms. The Morgan fingerprint density at radius 2 is 1.21 bits per heavy atom. The van der Waals surface area contributed by atoms with Crippen LogP contribution in [0, 0.1) is 0 Å². The van der Waals surface area contributed by atoms with Crippen LogP contribution in [0.2, 0.25) is 0 Å². The smallest absolute Gasteiger partial charge is 0.306 e. The maximum absolute atomic E-state index is 12.4. The normalized spacial score (nSPS) is 14.4. The fourth-order valence-corrected chi connectivity index (χ4v) is 4.68. The van der Waals surface area contributed by atoms with Crippen LogP contribution < -0.4 is 4.89 Å². The topological polar surface area (TPSA) is 94.1 Å². The van der Waals surface area contributed by atoms with Crippen molar-refractivity contribution in [3.63, 3.8) is 0 Å². The Bertz CT molecular complexity index is 598. The molecule has 0 saturated carbocycles. The number of phosphoric ester groups is 1. The molecule has 0 N–H and O–H groups in total. The molecule has 0 aliphatic rings. The molecule has 2 unspecified atom stereocenters. The minimum absolute atomic E-state index is 0.0298. The van der Waals surface area contributed by atoms with E-state index in [-0.39, 0.29) is 25.8 Å². The molecule has 0 aromatic rings. The molecule has 0 aliphatic carbocycles. The number of hydrogen-bond acceptors (Lipinski definition) is 7. The van der Waals surface area contributed by atoms with Crippen molar-refractivity contribution in [2.24, 2.45) is 0 Å². The van der Waals surface area contributed by atoms with E-state index in [1.54, 1.807) is 0 Å². The maximum atomic E-state index is 12.4. The molecule has 2 atom stereocenters. The Hall–Kier alpha value is -0.500. The summed E-state index contributed by atoms with van der Waals surface area (Å²) in [6.45, 7) is 5.33. The fourth-order valence-electron chi connectivity index (χ4n) is 3.96. The lowest BCUT2D eigenvalue weighted by Gasteiger charge is -2.28. The number of phosphoric acid groups is 1. The second-order valence-corrected chi connectivity index (χ2v) is 12.9. The molecule has 0 aromatic heterocycles. The van der Waals surface area contributed by atoms with Crippen molar-refractivity contribution in [2.45, 2.75) is 129 Å². The number of ether oxygens (including phenoxy) is 2. The monoisotopic (exact) mass is 565 g/mol. The van der Waals surface area contributed by atoms with E-state index in [1.165, 1.54) is 70.6 Å². The summed E-state index contributed by atoms with van der Waals surface area (Å²) >= 11 is 0. The van der Waals surface area contributed by atoms with Crippen LogP contribution in [0.3, 0.4) is 0 Å². The third-order valence-corrected chi connectivity index (χ3v) is 7.37. The molecule has 0 aromatic carbocycles. The van der Waals surface area contributed by atoms with E-state index >= 15 is 0 Å². The summed E-state index contributed by atoms with van der Waals surface area (Å²) in [6.07, 6.45) is 18.3. The van der Waals surface area contributed by atoms with E-state index in [1.807, 2.05) is 21.1 Å². The van der Waals surface area contributed by atoms with E-state index in [4.69, 9.17) is 18.5 Å². The molecule has 9 heteroatoms. The molecule has 0 fully saturated rings. The standard InChI is InChI=1S/C29H60NO7P/c1-6-8-10-12-14-15-16-17-18-20-22-29(31)37-28(26-34-24-21-19-13-11-9-7-2)27-36-38(32,33)35-25-23-30(3,4)5/h28H,6-27H2,1-5H3. The van der Waals surface area contributed by atoms with Crippen molar-refractivity contribution in [1.29, 1.82) is 0 Å². The molecule has 0 rings (SSSR count). The van der Waals surface area contributed by atoms with Gasteiger partial charge >= 0.3 is 5.97 Å². The van der Waals surface area contributed by atoms with Gasteiger partial charge in [-0.05, 0) is 12.8 Å². The van der Waals surface area contributed by atoms with Gasteiger partial charge in [0, 0.05) is 13.0 Å². The molecule has 0 spiro atoms. The Morgan fingerprint density at radius 3 is 1.74 bits per heavy atom. The first-order valence-corrected chi connectivity index (χ1v) is 16.7. The maximum Gasteiger partial charge on any atom is 0.306 e.